The number of ketones is 1. The second kappa shape index (κ2) is 5.11. The van der Waals surface area contributed by atoms with Crippen LogP contribution in [-0.4, -0.2) is 5.78 Å². The first-order valence-corrected chi connectivity index (χ1v) is 7.76. The van der Waals surface area contributed by atoms with Crippen molar-refractivity contribution in [3.8, 4) is 0 Å². The maximum Gasteiger partial charge on any atom is 0.166 e. The summed E-state index contributed by atoms with van der Waals surface area (Å²) >= 11 is 0. The summed E-state index contributed by atoms with van der Waals surface area (Å²) in [4.78, 5) is 12.6. The third kappa shape index (κ3) is 2.61. The van der Waals surface area contributed by atoms with Crippen LogP contribution in [0.1, 0.15) is 55.5 Å². The van der Waals surface area contributed by atoms with Crippen molar-refractivity contribution in [1.82, 2.24) is 0 Å². The average Bonchev–Trinajstić information content (AvgIpc) is 3.00. The zero-order valence-electron chi connectivity index (χ0n) is 12.1. The number of carbonyl (C=O) groups excluding carboxylic acids is 1. The number of hydrogen-bond donors (Lipinski definition) is 0. The number of benzene rings is 1. The minimum Gasteiger partial charge on any atom is -0.294 e. The molecule has 0 saturated heterocycles. The van der Waals surface area contributed by atoms with Gasteiger partial charge in [-0.05, 0) is 49.0 Å². The van der Waals surface area contributed by atoms with Gasteiger partial charge in [0.1, 0.15) is 0 Å². The summed E-state index contributed by atoms with van der Waals surface area (Å²) in [5.74, 6) is 2.94. The summed E-state index contributed by atoms with van der Waals surface area (Å²) in [6, 6.07) is 8.37. The molecule has 0 heterocycles. The van der Waals surface area contributed by atoms with Crippen molar-refractivity contribution >= 4 is 5.78 Å². The lowest BCUT2D eigenvalue weighted by Crippen LogP contribution is -2.21. The fourth-order valence-corrected chi connectivity index (χ4v) is 4.06. The minimum absolute atomic E-state index is 0.328. The highest BCUT2D eigenvalue weighted by atomic mass is 16.1. The van der Waals surface area contributed by atoms with Gasteiger partial charge in [0.05, 0.1) is 0 Å². The molecule has 0 N–H and O–H groups in total. The molecule has 2 saturated carbocycles. The molecule has 1 nitrogen and oxygen atoms in total. The van der Waals surface area contributed by atoms with Gasteiger partial charge in [0.2, 0.25) is 0 Å². The lowest BCUT2D eigenvalue weighted by atomic mass is 9.83. The van der Waals surface area contributed by atoms with E-state index in [-0.39, 0.29) is 0 Å². The molecule has 2 aliphatic carbocycles. The number of carbonyl (C=O) groups is 1. The van der Waals surface area contributed by atoms with Crippen LogP contribution in [-0.2, 0) is 6.42 Å². The second-order valence-corrected chi connectivity index (χ2v) is 6.94. The highest BCUT2D eigenvalue weighted by Crippen LogP contribution is 2.49. The van der Waals surface area contributed by atoms with E-state index >= 15 is 0 Å². The molecule has 0 amide bonds. The maximum absolute atomic E-state index is 12.6. The van der Waals surface area contributed by atoms with Crippen molar-refractivity contribution in [2.45, 2.75) is 46.0 Å². The van der Waals surface area contributed by atoms with Gasteiger partial charge >= 0.3 is 0 Å². The fourth-order valence-electron chi connectivity index (χ4n) is 4.06. The van der Waals surface area contributed by atoms with E-state index in [1.165, 1.54) is 24.8 Å². The molecule has 19 heavy (non-hydrogen) atoms. The lowest BCUT2D eigenvalue weighted by molar-refractivity contribution is 0.0875. The van der Waals surface area contributed by atoms with Crippen molar-refractivity contribution in [3.05, 3.63) is 35.4 Å². The third-order valence-corrected chi connectivity index (χ3v) is 4.96. The van der Waals surface area contributed by atoms with E-state index in [1.54, 1.807) is 0 Å². The van der Waals surface area contributed by atoms with Crippen molar-refractivity contribution in [1.29, 1.82) is 0 Å². The molecule has 102 valence electrons. The van der Waals surface area contributed by atoms with Gasteiger partial charge in [-0.2, -0.15) is 0 Å². The average molecular weight is 256 g/mol. The number of rotatable bonds is 4. The molecule has 3 unspecified atom stereocenters. The molecule has 2 aliphatic rings. The highest BCUT2D eigenvalue weighted by molar-refractivity contribution is 5.98. The SMILES string of the molecule is CC(C)Cc1ccc(C(=O)C2CC3CCC2C3)cc1. The van der Waals surface area contributed by atoms with Gasteiger partial charge < -0.3 is 0 Å². The van der Waals surface area contributed by atoms with E-state index in [2.05, 4.69) is 26.0 Å². The molecule has 0 aromatic heterocycles. The Morgan fingerprint density at radius 2 is 1.89 bits per heavy atom. The van der Waals surface area contributed by atoms with Crippen LogP contribution in [0, 0.1) is 23.7 Å². The molecule has 2 fully saturated rings. The van der Waals surface area contributed by atoms with Gasteiger partial charge in [-0.25, -0.2) is 0 Å². The molecule has 3 atom stereocenters. The van der Waals surface area contributed by atoms with E-state index in [0.29, 0.717) is 23.5 Å². The lowest BCUT2D eigenvalue weighted by Gasteiger charge is -2.20. The second-order valence-electron chi connectivity index (χ2n) is 6.94. The Hall–Kier alpha value is -1.11. The summed E-state index contributed by atoms with van der Waals surface area (Å²) in [5.41, 5.74) is 2.28. The molecule has 3 rings (SSSR count). The third-order valence-electron chi connectivity index (χ3n) is 4.96. The number of Topliss-reactive ketones (excluding diaryl/α,β-unsaturated/α-hetero) is 1. The monoisotopic (exact) mass is 256 g/mol. The standard InChI is InChI=1S/C18H24O/c1-12(2)9-13-3-6-15(7-4-13)18(19)17-11-14-5-8-16(17)10-14/h3-4,6-7,12,14,16-17H,5,8-11H2,1-2H3. The van der Waals surface area contributed by atoms with Gasteiger partial charge in [0, 0.05) is 11.5 Å². The molecule has 1 aromatic rings. The Labute approximate surface area is 116 Å². The highest BCUT2D eigenvalue weighted by Gasteiger charge is 2.42. The van der Waals surface area contributed by atoms with Crippen LogP contribution >= 0.6 is 0 Å². The Kier molecular flexibility index (Phi) is 3.47. The van der Waals surface area contributed by atoms with Crippen LogP contribution in [0.25, 0.3) is 0 Å². The first-order chi connectivity index (χ1) is 9.13. The van der Waals surface area contributed by atoms with E-state index in [4.69, 9.17) is 0 Å². The van der Waals surface area contributed by atoms with Crippen LogP contribution in [0.3, 0.4) is 0 Å². The van der Waals surface area contributed by atoms with Crippen LogP contribution in [0.2, 0.25) is 0 Å². The smallest absolute Gasteiger partial charge is 0.166 e. The Morgan fingerprint density at radius 1 is 1.16 bits per heavy atom. The molecule has 0 aliphatic heterocycles. The van der Waals surface area contributed by atoms with Gasteiger partial charge in [0.25, 0.3) is 0 Å². The molecule has 0 radical (unpaired) electrons. The van der Waals surface area contributed by atoms with E-state index in [9.17, 15) is 4.79 Å². The van der Waals surface area contributed by atoms with Gasteiger partial charge in [0.15, 0.2) is 5.78 Å². The molecule has 0 spiro atoms. The zero-order chi connectivity index (χ0) is 13.4. The first-order valence-electron chi connectivity index (χ1n) is 7.76. The van der Waals surface area contributed by atoms with Crippen molar-refractivity contribution in [2.24, 2.45) is 23.7 Å². The molecule has 1 heteroatoms. The normalized spacial score (nSPS) is 29.1. The zero-order valence-corrected chi connectivity index (χ0v) is 12.1. The molecular formula is C18H24O. The van der Waals surface area contributed by atoms with E-state index in [0.717, 1.165) is 24.3 Å². The van der Waals surface area contributed by atoms with E-state index < -0.39 is 0 Å². The fraction of sp³-hybridized carbons (Fsp3) is 0.611. The predicted molar refractivity (Wildman–Crippen MR) is 78.3 cm³/mol. The summed E-state index contributed by atoms with van der Waals surface area (Å²) in [5, 5.41) is 0. The predicted octanol–water partition coefficient (Wildman–Crippen LogP) is 4.50. The Balaban J connectivity index is 1.70. The summed E-state index contributed by atoms with van der Waals surface area (Å²) in [6.45, 7) is 4.46. The van der Waals surface area contributed by atoms with E-state index in [1.807, 2.05) is 12.1 Å². The minimum atomic E-state index is 0.328. The van der Waals surface area contributed by atoms with Crippen molar-refractivity contribution in [3.63, 3.8) is 0 Å². The van der Waals surface area contributed by atoms with Crippen LogP contribution in [0.5, 0.6) is 0 Å². The topological polar surface area (TPSA) is 17.1 Å². The first kappa shape index (κ1) is 12.9. The summed E-state index contributed by atoms with van der Waals surface area (Å²) < 4.78 is 0. The summed E-state index contributed by atoms with van der Waals surface area (Å²) in [7, 11) is 0. The largest absolute Gasteiger partial charge is 0.294 e. The molecule has 1 aromatic carbocycles. The van der Waals surface area contributed by atoms with Gasteiger partial charge in [-0.3, -0.25) is 4.79 Å². The maximum atomic E-state index is 12.6. The van der Waals surface area contributed by atoms with Crippen molar-refractivity contribution < 1.29 is 4.79 Å². The number of fused-ring (bicyclic) bond motifs is 2. The molecule has 2 bridgehead atoms. The Bertz CT molecular complexity index is 457. The van der Waals surface area contributed by atoms with Gasteiger partial charge in [-0.15, -0.1) is 0 Å². The molecular weight excluding hydrogens is 232 g/mol. The van der Waals surface area contributed by atoms with Crippen LogP contribution in [0.15, 0.2) is 24.3 Å². The van der Waals surface area contributed by atoms with Crippen molar-refractivity contribution in [2.75, 3.05) is 0 Å². The van der Waals surface area contributed by atoms with Gasteiger partial charge in [-0.1, -0.05) is 44.5 Å². The van der Waals surface area contributed by atoms with Crippen LogP contribution in [0.4, 0.5) is 0 Å². The van der Waals surface area contributed by atoms with Crippen LogP contribution < -0.4 is 0 Å². The quantitative estimate of drug-likeness (QED) is 0.725. The number of hydrogen-bond acceptors (Lipinski definition) is 1. The summed E-state index contributed by atoms with van der Waals surface area (Å²) in [6.07, 6.45) is 6.20. The Morgan fingerprint density at radius 3 is 2.42 bits per heavy atom.